The van der Waals surface area contributed by atoms with Gasteiger partial charge in [-0.2, -0.15) is 0 Å². The van der Waals surface area contributed by atoms with Gasteiger partial charge in [0.2, 0.25) is 17.6 Å². The Morgan fingerprint density at radius 3 is 2.03 bits per heavy atom. The first-order chi connectivity index (χ1) is 13.9. The first-order valence-electron chi connectivity index (χ1n) is 9.34. The number of esters is 1. The molecule has 0 aromatic heterocycles. The first kappa shape index (κ1) is 20.3. The van der Waals surface area contributed by atoms with Gasteiger partial charge in [0.1, 0.15) is 5.75 Å². The molecule has 0 bridgehead atoms. The molecular weight excluding hydrogens is 374 g/mol. The zero-order chi connectivity index (χ0) is 21.0. The number of carbonyl (C=O) groups excluding carboxylic acids is 4. The number of imide groups is 1. The van der Waals surface area contributed by atoms with Crippen LogP contribution in [0.1, 0.15) is 47.4 Å². The Morgan fingerprint density at radius 1 is 0.931 bits per heavy atom. The molecule has 1 aliphatic rings. The smallest absolute Gasteiger partial charge is 0.338 e. The Labute approximate surface area is 168 Å². The average molecular weight is 395 g/mol. The van der Waals surface area contributed by atoms with Crippen LogP contribution in [0.25, 0.3) is 0 Å². The fourth-order valence-corrected chi connectivity index (χ4v) is 3.01. The van der Waals surface area contributed by atoms with Crippen molar-refractivity contribution in [1.82, 2.24) is 0 Å². The molecule has 0 aliphatic carbocycles. The van der Waals surface area contributed by atoms with Crippen molar-refractivity contribution in [2.75, 3.05) is 11.5 Å². The topological polar surface area (TPSA) is 90.0 Å². The summed E-state index contributed by atoms with van der Waals surface area (Å²) in [4.78, 5) is 49.5. The summed E-state index contributed by atoms with van der Waals surface area (Å²) in [7, 11) is 0. The van der Waals surface area contributed by atoms with Crippen molar-refractivity contribution in [2.45, 2.75) is 32.8 Å². The predicted molar refractivity (Wildman–Crippen MR) is 105 cm³/mol. The lowest BCUT2D eigenvalue weighted by Crippen LogP contribution is -2.28. The molecule has 0 saturated carbocycles. The number of nitrogens with zero attached hydrogens (tertiary/aromatic N) is 1. The predicted octanol–water partition coefficient (Wildman–Crippen LogP) is 3.17. The second-order valence-electron chi connectivity index (χ2n) is 6.54. The van der Waals surface area contributed by atoms with E-state index < -0.39 is 12.1 Å². The Kier molecular flexibility index (Phi) is 6.07. The molecule has 7 heteroatoms. The first-order valence-corrected chi connectivity index (χ1v) is 9.34. The minimum Gasteiger partial charge on any atom is -0.494 e. The number of hydrogen-bond acceptors (Lipinski definition) is 6. The third-order valence-corrected chi connectivity index (χ3v) is 4.52. The molecule has 2 aromatic carbocycles. The van der Waals surface area contributed by atoms with Crippen LogP contribution in [0.5, 0.6) is 5.75 Å². The molecular formula is C22H21NO6. The highest BCUT2D eigenvalue weighted by Gasteiger charge is 2.30. The van der Waals surface area contributed by atoms with Crippen LogP contribution in [0.4, 0.5) is 5.69 Å². The minimum atomic E-state index is -0.971. The Hall–Kier alpha value is -3.48. The van der Waals surface area contributed by atoms with Gasteiger partial charge < -0.3 is 9.47 Å². The molecule has 150 valence electrons. The van der Waals surface area contributed by atoms with Crippen LogP contribution >= 0.6 is 0 Å². The maximum atomic E-state index is 12.5. The van der Waals surface area contributed by atoms with Crippen molar-refractivity contribution < 1.29 is 28.7 Å². The molecule has 2 aromatic rings. The van der Waals surface area contributed by atoms with Crippen LogP contribution < -0.4 is 9.64 Å². The van der Waals surface area contributed by atoms with Crippen molar-refractivity contribution >= 4 is 29.3 Å². The van der Waals surface area contributed by atoms with Crippen LogP contribution in [-0.4, -0.2) is 36.3 Å². The van der Waals surface area contributed by atoms with Crippen LogP contribution in [0, 0.1) is 0 Å². The van der Waals surface area contributed by atoms with Gasteiger partial charge in [0, 0.05) is 18.4 Å². The van der Waals surface area contributed by atoms with Crippen molar-refractivity contribution in [2.24, 2.45) is 0 Å². The fraction of sp³-hybridized carbons (Fsp3) is 0.273. The van der Waals surface area contributed by atoms with Gasteiger partial charge in [-0.05, 0) is 62.4 Å². The van der Waals surface area contributed by atoms with Gasteiger partial charge in [-0.15, -0.1) is 0 Å². The van der Waals surface area contributed by atoms with E-state index in [4.69, 9.17) is 9.47 Å². The van der Waals surface area contributed by atoms with E-state index >= 15 is 0 Å². The van der Waals surface area contributed by atoms with Gasteiger partial charge in [0.15, 0.2) is 6.10 Å². The Morgan fingerprint density at radius 2 is 1.48 bits per heavy atom. The second kappa shape index (κ2) is 8.68. The molecule has 1 atom stereocenters. The van der Waals surface area contributed by atoms with E-state index in [0.717, 1.165) is 4.90 Å². The third kappa shape index (κ3) is 4.51. The number of amides is 2. The van der Waals surface area contributed by atoms with E-state index in [1.807, 2.05) is 6.92 Å². The summed E-state index contributed by atoms with van der Waals surface area (Å²) in [5, 5.41) is 0. The maximum Gasteiger partial charge on any atom is 0.338 e. The van der Waals surface area contributed by atoms with Crippen LogP contribution in [-0.2, 0) is 14.3 Å². The van der Waals surface area contributed by atoms with Gasteiger partial charge in [0.25, 0.3) is 0 Å². The monoisotopic (exact) mass is 395 g/mol. The minimum absolute atomic E-state index is 0.188. The number of ketones is 1. The quantitative estimate of drug-likeness (QED) is 0.406. The summed E-state index contributed by atoms with van der Waals surface area (Å²) >= 11 is 0. The molecule has 7 nitrogen and oxygen atoms in total. The van der Waals surface area contributed by atoms with Crippen molar-refractivity contribution in [3.8, 4) is 5.75 Å². The maximum absolute atomic E-state index is 12.5. The summed E-state index contributed by atoms with van der Waals surface area (Å²) in [6, 6.07) is 12.6. The number of ether oxygens (including phenoxy) is 2. The zero-order valence-electron chi connectivity index (χ0n) is 16.2. The number of rotatable bonds is 7. The molecule has 1 heterocycles. The summed E-state index contributed by atoms with van der Waals surface area (Å²) < 4.78 is 10.6. The van der Waals surface area contributed by atoms with Gasteiger partial charge >= 0.3 is 5.97 Å². The van der Waals surface area contributed by atoms with Crippen molar-refractivity contribution in [1.29, 1.82) is 0 Å². The fourth-order valence-electron chi connectivity index (χ4n) is 3.01. The number of benzene rings is 2. The molecule has 2 amide bonds. The molecule has 0 radical (unpaired) electrons. The molecule has 1 fully saturated rings. The van der Waals surface area contributed by atoms with Crippen LogP contribution in [0.3, 0.4) is 0 Å². The zero-order valence-corrected chi connectivity index (χ0v) is 16.2. The lowest BCUT2D eigenvalue weighted by Gasteiger charge is -2.15. The number of carbonyl (C=O) groups is 4. The van der Waals surface area contributed by atoms with Gasteiger partial charge in [0.05, 0.1) is 17.9 Å². The molecule has 0 unspecified atom stereocenters. The number of Topliss-reactive ketones (excluding diaryl/α,β-unsaturated/α-hetero) is 1. The van der Waals surface area contributed by atoms with Gasteiger partial charge in [-0.1, -0.05) is 0 Å². The molecule has 3 rings (SSSR count). The lowest BCUT2D eigenvalue weighted by molar-refractivity contribution is -0.121. The molecule has 1 aliphatic heterocycles. The standard InChI is InChI=1S/C22H21NO6/c1-3-28-18-10-6-15(7-11-18)21(26)14(2)29-22(27)16-4-8-17(9-5-16)23-19(24)12-13-20(23)25/h4-11,14H,3,12-13H2,1-2H3/t14-/m0/s1. The Balaban J connectivity index is 1.63. The molecule has 29 heavy (non-hydrogen) atoms. The van der Waals surface area contributed by atoms with E-state index in [1.165, 1.54) is 31.2 Å². The number of hydrogen-bond donors (Lipinski definition) is 0. The van der Waals surface area contributed by atoms with E-state index in [1.54, 1.807) is 24.3 Å². The summed E-state index contributed by atoms with van der Waals surface area (Å²) in [6.45, 7) is 3.90. The average Bonchev–Trinajstić information content (AvgIpc) is 3.06. The highest BCUT2D eigenvalue weighted by atomic mass is 16.5. The van der Waals surface area contributed by atoms with Gasteiger partial charge in [-0.3, -0.25) is 19.3 Å². The summed E-state index contributed by atoms with van der Waals surface area (Å²) in [5.41, 5.74) is 1.04. The third-order valence-electron chi connectivity index (χ3n) is 4.52. The van der Waals surface area contributed by atoms with E-state index in [-0.39, 0.29) is 36.0 Å². The second-order valence-corrected chi connectivity index (χ2v) is 6.54. The molecule has 0 spiro atoms. The normalized spacial score (nSPS) is 14.6. The summed E-state index contributed by atoms with van der Waals surface area (Å²) in [6.07, 6.45) is -0.594. The van der Waals surface area contributed by atoms with Crippen molar-refractivity contribution in [3.63, 3.8) is 0 Å². The summed E-state index contributed by atoms with van der Waals surface area (Å²) in [5.74, 6) is -0.864. The SMILES string of the molecule is CCOc1ccc(C(=O)[C@H](C)OC(=O)c2ccc(N3C(=O)CCC3=O)cc2)cc1. The Bertz CT molecular complexity index is 917. The highest BCUT2D eigenvalue weighted by molar-refractivity contribution is 6.19. The van der Waals surface area contributed by atoms with E-state index in [2.05, 4.69) is 0 Å². The van der Waals surface area contributed by atoms with E-state index in [0.29, 0.717) is 23.6 Å². The lowest BCUT2D eigenvalue weighted by atomic mass is 10.1. The largest absolute Gasteiger partial charge is 0.494 e. The van der Waals surface area contributed by atoms with Crippen LogP contribution in [0.15, 0.2) is 48.5 Å². The van der Waals surface area contributed by atoms with Gasteiger partial charge in [-0.25, -0.2) is 4.79 Å². The highest BCUT2D eigenvalue weighted by Crippen LogP contribution is 2.23. The van der Waals surface area contributed by atoms with E-state index in [9.17, 15) is 19.2 Å². The van der Waals surface area contributed by atoms with Crippen LogP contribution in [0.2, 0.25) is 0 Å². The molecule has 0 N–H and O–H groups in total. The van der Waals surface area contributed by atoms with Crippen molar-refractivity contribution in [3.05, 3.63) is 59.7 Å². The number of anilines is 1. The molecule has 1 saturated heterocycles.